The Bertz CT molecular complexity index is 1010. The highest BCUT2D eigenvalue weighted by Gasteiger charge is 2.14. The van der Waals surface area contributed by atoms with E-state index in [9.17, 15) is 5.11 Å². The van der Waals surface area contributed by atoms with Gasteiger partial charge in [-0.25, -0.2) is 9.97 Å². The Morgan fingerprint density at radius 2 is 2.03 bits per heavy atom. The van der Waals surface area contributed by atoms with Crippen molar-refractivity contribution in [2.75, 3.05) is 11.9 Å². The van der Waals surface area contributed by atoms with Crippen LogP contribution in [0.4, 0.5) is 11.6 Å². The number of aromatic amines is 1. The maximum absolute atomic E-state index is 10.1. The van der Waals surface area contributed by atoms with Gasteiger partial charge in [0.2, 0.25) is 0 Å². The Balaban J connectivity index is 0.000000330. The molecule has 1 fully saturated rings. The number of ether oxygens (including phenoxy) is 1. The molecule has 3 aromatic rings. The molecule has 0 bridgehead atoms. The summed E-state index contributed by atoms with van der Waals surface area (Å²) in [7, 11) is 0. The monoisotopic (exact) mass is 421 g/mol. The number of rotatable bonds is 5. The van der Waals surface area contributed by atoms with Crippen LogP contribution >= 0.6 is 0 Å². The number of nitrogens with one attached hydrogen (secondary N) is 2. The van der Waals surface area contributed by atoms with Crippen molar-refractivity contribution >= 4 is 11.6 Å². The molecule has 0 radical (unpaired) electrons. The largest absolute Gasteiger partial charge is 0.507 e. The third-order valence-electron chi connectivity index (χ3n) is 4.82. The van der Waals surface area contributed by atoms with E-state index in [2.05, 4.69) is 25.5 Å². The molecular weight excluding hydrogens is 394 g/mol. The number of hydrogen-bond donors (Lipinski definition) is 4. The third kappa shape index (κ3) is 6.17. The van der Waals surface area contributed by atoms with Crippen LogP contribution in [-0.2, 0) is 0 Å². The Labute approximate surface area is 181 Å². The summed E-state index contributed by atoms with van der Waals surface area (Å²) in [5.74, 6) is 1.60. The number of benzene rings is 1. The number of aromatic hydroxyl groups is 1. The van der Waals surface area contributed by atoms with Crippen molar-refractivity contribution in [3.8, 4) is 28.8 Å². The van der Waals surface area contributed by atoms with Crippen molar-refractivity contribution in [2.45, 2.75) is 45.1 Å². The molecule has 0 amide bonds. The second kappa shape index (κ2) is 10.9. The van der Waals surface area contributed by atoms with Gasteiger partial charge in [0.1, 0.15) is 23.4 Å². The first-order valence-electron chi connectivity index (χ1n) is 10.4. The van der Waals surface area contributed by atoms with E-state index in [1.165, 1.54) is 44.5 Å². The van der Waals surface area contributed by atoms with Gasteiger partial charge in [-0.05, 0) is 31.9 Å². The van der Waals surface area contributed by atoms with Gasteiger partial charge in [0.15, 0.2) is 11.5 Å². The lowest BCUT2D eigenvalue weighted by molar-refractivity contribution is 0.339. The van der Waals surface area contributed by atoms with Crippen LogP contribution in [0.3, 0.4) is 0 Å². The number of aromatic nitrogens is 4. The molecule has 0 unspecified atom stereocenters. The summed E-state index contributed by atoms with van der Waals surface area (Å²) < 4.78 is 5.54. The first kappa shape index (κ1) is 22.1. The average Bonchev–Trinajstić information content (AvgIpc) is 3.23. The maximum atomic E-state index is 10.1. The van der Waals surface area contributed by atoms with Crippen LogP contribution in [0.2, 0.25) is 0 Å². The number of anilines is 2. The topological polar surface area (TPSA) is 146 Å². The molecule has 9 nitrogen and oxygen atoms in total. The molecule has 2 heterocycles. The van der Waals surface area contributed by atoms with Gasteiger partial charge in [0.05, 0.1) is 30.3 Å². The van der Waals surface area contributed by atoms with Crippen molar-refractivity contribution in [3.05, 3.63) is 42.4 Å². The Kier molecular flexibility index (Phi) is 7.79. The van der Waals surface area contributed by atoms with Crippen LogP contribution < -0.4 is 15.8 Å². The normalized spacial score (nSPS) is 13.6. The summed E-state index contributed by atoms with van der Waals surface area (Å²) in [6.45, 7) is 2.36. The molecule has 162 valence electrons. The molecule has 9 heteroatoms. The minimum Gasteiger partial charge on any atom is -0.507 e. The summed E-state index contributed by atoms with van der Waals surface area (Å²) in [6, 6.07) is 9.23. The molecular formula is C22H27N7O2. The highest BCUT2D eigenvalue weighted by molar-refractivity contribution is 5.76. The van der Waals surface area contributed by atoms with Gasteiger partial charge < -0.3 is 20.9 Å². The van der Waals surface area contributed by atoms with E-state index in [1.807, 2.05) is 13.0 Å². The van der Waals surface area contributed by atoms with Crippen molar-refractivity contribution in [1.29, 1.82) is 5.26 Å². The van der Waals surface area contributed by atoms with Gasteiger partial charge in [-0.15, -0.1) is 0 Å². The predicted octanol–water partition coefficient (Wildman–Crippen LogP) is 3.86. The van der Waals surface area contributed by atoms with E-state index >= 15 is 0 Å². The number of hydrogen-bond acceptors (Lipinski definition) is 8. The smallest absolute Gasteiger partial charge is 0.158 e. The van der Waals surface area contributed by atoms with Crippen LogP contribution in [0.5, 0.6) is 11.5 Å². The van der Waals surface area contributed by atoms with Crippen molar-refractivity contribution in [1.82, 2.24) is 20.2 Å². The molecule has 0 atom stereocenters. The van der Waals surface area contributed by atoms with Gasteiger partial charge in [0.25, 0.3) is 0 Å². The summed E-state index contributed by atoms with van der Waals surface area (Å²) in [6.07, 6.45) is 9.47. The average molecular weight is 422 g/mol. The molecule has 0 spiro atoms. The summed E-state index contributed by atoms with van der Waals surface area (Å²) in [5, 5.41) is 28.8. The molecule has 4 rings (SSSR count). The minimum atomic E-state index is 0.0920. The highest BCUT2D eigenvalue weighted by atomic mass is 16.5. The number of phenolic OH excluding ortho intramolecular Hbond substituents is 1. The second-order valence-electron chi connectivity index (χ2n) is 7.17. The first-order chi connectivity index (χ1) is 15.1. The van der Waals surface area contributed by atoms with Gasteiger partial charge >= 0.3 is 0 Å². The highest BCUT2D eigenvalue weighted by Crippen LogP contribution is 2.37. The molecule has 0 aliphatic heterocycles. The number of nitriles is 1. The number of nitrogens with zero attached hydrogens (tertiary/aromatic N) is 4. The minimum absolute atomic E-state index is 0.0920. The Hall–Kier alpha value is -3.64. The van der Waals surface area contributed by atoms with E-state index in [0.717, 1.165) is 0 Å². The van der Waals surface area contributed by atoms with Crippen LogP contribution in [0.25, 0.3) is 11.3 Å². The molecule has 1 aliphatic carbocycles. The van der Waals surface area contributed by atoms with E-state index < -0.39 is 0 Å². The predicted molar refractivity (Wildman–Crippen MR) is 118 cm³/mol. The molecule has 1 saturated carbocycles. The summed E-state index contributed by atoms with van der Waals surface area (Å²) in [4.78, 5) is 7.99. The van der Waals surface area contributed by atoms with E-state index in [-0.39, 0.29) is 11.4 Å². The second-order valence-corrected chi connectivity index (χ2v) is 7.17. The number of nitrogens with two attached hydrogens (primary N) is 1. The molecule has 5 N–H and O–H groups in total. The number of H-pyrrole nitrogens is 1. The summed E-state index contributed by atoms with van der Waals surface area (Å²) in [5.41, 5.74) is 7.00. The van der Waals surface area contributed by atoms with E-state index in [0.29, 0.717) is 41.3 Å². The van der Waals surface area contributed by atoms with Crippen molar-refractivity contribution in [2.24, 2.45) is 5.73 Å². The maximum Gasteiger partial charge on any atom is 0.158 e. The van der Waals surface area contributed by atoms with E-state index in [1.54, 1.807) is 24.3 Å². The van der Waals surface area contributed by atoms with Gasteiger partial charge in [-0.1, -0.05) is 25.3 Å². The van der Waals surface area contributed by atoms with E-state index in [4.69, 9.17) is 15.7 Å². The Morgan fingerprint density at radius 3 is 2.65 bits per heavy atom. The lowest BCUT2D eigenvalue weighted by Gasteiger charge is -2.15. The van der Waals surface area contributed by atoms with Gasteiger partial charge in [0, 0.05) is 12.1 Å². The first-order valence-corrected chi connectivity index (χ1v) is 10.4. The van der Waals surface area contributed by atoms with Crippen molar-refractivity contribution in [3.63, 3.8) is 0 Å². The lowest BCUT2D eigenvalue weighted by Crippen LogP contribution is -2.22. The molecule has 1 aliphatic rings. The zero-order chi connectivity index (χ0) is 22.1. The zero-order valence-electron chi connectivity index (χ0n) is 17.5. The molecule has 1 aromatic carbocycles. The van der Waals surface area contributed by atoms with Crippen LogP contribution in [-0.4, -0.2) is 37.9 Å². The fourth-order valence-corrected chi connectivity index (χ4v) is 3.30. The van der Waals surface area contributed by atoms with Crippen LogP contribution in [0.1, 0.15) is 44.7 Å². The van der Waals surface area contributed by atoms with Gasteiger partial charge in [-0.2, -0.15) is 10.4 Å². The number of phenols is 1. The fourth-order valence-electron chi connectivity index (χ4n) is 3.30. The zero-order valence-corrected chi connectivity index (χ0v) is 17.5. The third-order valence-corrected chi connectivity index (χ3v) is 4.82. The molecule has 2 aromatic heterocycles. The lowest BCUT2D eigenvalue weighted by atomic mass is 9.97. The Morgan fingerprint density at radius 1 is 1.23 bits per heavy atom. The standard InChI is InChI=1S/C16H14N6O2.C6H13N/c1-2-24-13-5-3-4-12(23)16(13)11-6-14(22-21-11)20-15-9-18-10(7-17)8-19-15;7-6-4-2-1-3-5-6/h3-6,8-9,23H,2H2,1H3,(H2,19,20,21,22);6H,1-5,7H2. The summed E-state index contributed by atoms with van der Waals surface area (Å²) >= 11 is 0. The quantitative estimate of drug-likeness (QED) is 0.486. The SMILES string of the molecule is CCOc1cccc(O)c1-c1cc(Nc2cnc(C#N)cn2)n[nH]1.NC1CCCCC1. The molecule has 0 saturated heterocycles. The van der Waals surface area contributed by atoms with Crippen molar-refractivity contribution < 1.29 is 9.84 Å². The van der Waals surface area contributed by atoms with Crippen LogP contribution in [0.15, 0.2) is 36.7 Å². The van der Waals surface area contributed by atoms with Crippen LogP contribution in [0, 0.1) is 11.3 Å². The fraction of sp³-hybridized carbons (Fsp3) is 0.364. The molecule has 31 heavy (non-hydrogen) atoms. The van der Waals surface area contributed by atoms with Gasteiger partial charge in [-0.3, -0.25) is 5.10 Å².